The molecule has 0 saturated carbocycles. The highest BCUT2D eigenvalue weighted by Gasteiger charge is 2.12. The highest BCUT2D eigenvalue weighted by Crippen LogP contribution is 2.27. The summed E-state index contributed by atoms with van der Waals surface area (Å²) < 4.78 is 0. The molecular formula is C18H23N. The fourth-order valence-corrected chi connectivity index (χ4v) is 2.52. The van der Waals surface area contributed by atoms with Crippen LogP contribution in [0.4, 0.5) is 0 Å². The van der Waals surface area contributed by atoms with Gasteiger partial charge in [0.25, 0.3) is 0 Å². The smallest absolute Gasteiger partial charge is 0.0329 e. The van der Waals surface area contributed by atoms with E-state index < -0.39 is 0 Å². The Bertz CT molecular complexity index is 525. The van der Waals surface area contributed by atoms with E-state index in [-0.39, 0.29) is 0 Å². The molecule has 1 N–H and O–H groups in total. The van der Waals surface area contributed by atoms with Gasteiger partial charge in [-0.15, -0.1) is 6.58 Å². The zero-order valence-corrected chi connectivity index (χ0v) is 11.7. The van der Waals surface area contributed by atoms with Crippen LogP contribution in [0.1, 0.15) is 37.8 Å². The first-order valence-electron chi connectivity index (χ1n) is 7.18. The molecule has 2 aromatic rings. The van der Waals surface area contributed by atoms with E-state index in [4.69, 9.17) is 0 Å². The van der Waals surface area contributed by atoms with Crippen LogP contribution in [0.15, 0.2) is 55.1 Å². The van der Waals surface area contributed by atoms with Crippen LogP contribution in [0.3, 0.4) is 0 Å². The van der Waals surface area contributed by atoms with E-state index in [1.807, 2.05) is 6.08 Å². The second-order valence-corrected chi connectivity index (χ2v) is 4.94. The second-order valence-electron chi connectivity index (χ2n) is 4.94. The van der Waals surface area contributed by atoms with Crippen LogP contribution in [-0.4, -0.2) is 6.54 Å². The van der Waals surface area contributed by atoms with E-state index in [0.717, 1.165) is 25.8 Å². The van der Waals surface area contributed by atoms with Crippen molar-refractivity contribution in [2.45, 2.75) is 32.2 Å². The van der Waals surface area contributed by atoms with Gasteiger partial charge in [0.1, 0.15) is 0 Å². The number of allylic oxidation sites excluding steroid dienone is 1. The number of hydrogen-bond donors (Lipinski definition) is 1. The molecule has 0 bridgehead atoms. The average Bonchev–Trinajstić information content (AvgIpc) is 2.47. The van der Waals surface area contributed by atoms with Gasteiger partial charge < -0.3 is 5.32 Å². The van der Waals surface area contributed by atoms with E-state index in [9.17, 15) is 0 Å². The normalized spacial score (nSPS) is 12.5. The van der Waals surface area contributed by atoms with Gasteiger partial charge in [-0.3, -0.25) is 0 Å². The third-order valence-electron chi connectivity index (χ3n) is 3.50. The molecule has 0 amide bonds. The van der Waals surface area contributed by atoms with Gasteiger partial charge >= 0.3 is 0 Å². The van der Waals surface area contributed by atoms with Crippen LogP contribution in [-0.2, 0) is 0 Å². The van der Waals surface area contributed by atoms with Gasteiger partial charge in [-0.05, 0) is 42.1 Å². The van der Waals surface area contributed by atoms with Crippen molar-refractivity contribution in [3.05, 3.63) is 60.7 Å². The Morgan fingerprint density at radius 2 is 1.95 bits per heavy atom. The minimum absolute atomic E-state index is 0.420. The standard InChI is InChI=1S/C18H23N/c1-3-5-13-18(19-14-4-2)17-12-8-10-15-9-6-7-11-16(15)17/h3,6-12,18-19H,1,4-5,13-14H2,2H3. The lowest BCUT2D eigenvalue weighted by Crippen LogP contribution is -2.22. The monoisotopic (exact) mass is 253 g/mol. The summed E-state index contributed by atoms with van der Waals surface area (Å²) in [5, 5.41) is 6.35. The van der Waals surface area contributed by atoms with Gasteiger partial charge in [0.2, 0.25) is 0 Å². The summed E-state index contributed by atoms with van der Waals surface area (Å²) in [7, 11) is 0. The van der Waals surface area contributed by atoms with Crippen LogP contribution in [0.5, 0.6) is 0 Å². The van der Waals surface area contributed by atoms with Crippen molar-refractivity contribution < 1.29 is 0 Å². The lowest BCUT2D eigenvalue weighted by molar-refractivity contribution is 0.506. The largest absolute Gasteiger partial charge is 0.310 e. The Kier molecular flexibility index (Phi) is 5.17. The lowest BCUT2D eigenvalue weighted by Gasteiger charge is -2.20. The lowest BCUT2D eigenvalue weighted by atomic mass is 9.95. The summed E-state index contributed by atoms with van der Waals surface area (Å²) in [4.78, 5) is 0. The Balaban J connectivity index is 2.33. The first-order valence-corrected chi connectivity index (χ1v) is 7.18. The van der Waals surface area contributed by atoms with Crippen LogP contribution in [0, 0.1) is 0 Å². The second kappa shape index (κ2) is 7.10. The molecule has 1 nitrogen and oxygen atoms in total. The van der Waals surface area contributed by atoms with Gasteiger partial charge in [0.05, 0.1) is 0 Å². The van der Waals surface area contributed by atoms with E-state index in [1.165, 1.54) is 16.3 Å². The molecule has 2 aromatic carbocycles. The Morgan fingerprint density at radius 1 is 1.16 bits per heavy atom. The number of rotatable bonds is 7. The van der Waals surface area contributed by atoms with Crippen molar-refractivity contribution in [1.82, 2.24) is 5.32 Å². The summed E-state index contributed by atoms with van der Waals surface area (Å²) in [6.07, 6.45) is 5.32. The summed E-state index contributed by atoms with van der Waals surface area (Å²) >= 11 is 0. The average molecular weight is 253 g/mol. The molecule has 0 fully saturated rings. The molecule has 0 spiro atoms. The first-order chi connectivity index (χ1) is 9.36. The van der Waals surface area contributed by atoms with Crippen molar-refractivity contribution in [3.63, 3.8) is 0 Å². The summed E-state index contributed by atoms with van der Waals surface area (Å²) in [6, 6.07) is 15.6. The van der Waals surface area contributed by atoms with Gasteiger partial charge in [-0.25, -0.2) is 0 Å². The molecular weight excluding hydrogens is 230 g/mol. The fraction of sp³-hybridized carbons (Fsp3) is 0.333. The molecule has 0 heterocycles. The summed E-state index contributed by atoms with van der Waals surface area (Å²) in [6.45, 7) is 7.11. The van der Waals surface area contributed by atoms with Crippen molar-refractivity contribution in [3.8, 4) is 0 Å². The van der Waals surface area contributed by atoms with Gasteiger partial charge in [0, 0.05) is 6.04 Å². The van der Waals surface area contributed by atoms with Gasteiger partial charge in [-0.1, -0.05) is 55.5 Å². The number of benzene rings is 2. The Hall–Kier alpha value is -1.60. The van der Waals surface area contributed by atoms with Crippen LogP contribution in [0.25, 0.3) is 10.8 Å². The molecule has 0 saturated heterocycles. The number of hydrogen-bond acceptors (Lipinski definition) is 1. The Labute approximate surface area is 116 Å². The maximum Gasteiger partial charge on any atom is 0.0329 e. The molecule has 1 heteroatoms. The molecule has 100 valence electrons. The van der Waals surface area contributed by atoms with Crippen molar-refractivity contribution in [2.75, 3.05) is 6.54 Å². The zero-order chi connectivity index (χ0) is 13.5. The minimum atomic E-state index is 0.420. The molecule has 0 aliphatic carbocycles. The molecule has 19 heavy (non-hydrogen) atoms. The minimum Gasteiger partial charge on any atom is -0.310 e. The summed E-state index contributed by atoms with van der Waals surface area (Å²) in [5.41, 5.74) is 1.41. The predicted molar refractivity (Wildman–Crippen MR) is 84.4 cm³/mol. The molecule has 0 aromatic heterocycles. The van der Waals surface area contributed by atoms with E-state index in [0.29, 0.717) is 6.04 Å². The molecule has 1 atom stereocenters. The predicted octanol–water partition coefficient (Wildman–Crippen LogP) is 4.85. The topological polar surface area (TPSA) is 12.0 Å². The van der Waals surface area contributed by atoms with E-state index in [2.05, 4.69) is 61.3 Å². The zero-order valence-electron chi connectivity index (χ0n) is 11.7. The number of nitrogens with one attached hydrogen (secondary N) is 1. The van der Waals surface area contributed by atoms with E-state index in [1.54, 1.807) is 0 Å². The van der Waals surface area contributed by atoms with Crippen molar-refractivity contribution in [2.24, 2.45) is 0 Å². The fourth-order valence-electron chi connectivity index (χ4n) is 2.52. The highest BCUT2D eigenvalue weighted by molar-refractivity contribution is 5.86. The molecule has 2 rings (SSSR count). The van der Waals surface area contributed by atoms with Crippen LogP contribution < -0.4 is 5.32 Å². The molecule has 0 aliphatic rings. The molecule has 0 aliphatic heterocycles. The number of fused-ring (bicyclic) bond motifs is 1. The first kappa shape index (κ1) is 13.8. The summed E-state index contributed by atoms with van der Waals surface area (Å²) in [5.74, 6) is 0. The quantitative estimate of drug-likeness (QED) is 0.696. The molecule has 0 radical (unpaired) electrons. The van der Waals surface area contributed by atoms with Gasteiger partial charge in [-0.2, -0.15) is 0 Å². The van der Waals surface area contributed by atoms with Crippen LogP contribution >= 0.6 is 0 Å². The van der Waals surface area contributed by atoms with Crippen molar-refractivity contribution >= 4 is 10.8 Å². The maximum atomic E-state index is 3.84. The van der Waals surface area contributed by atoms with Crippen molar-refractivity contribution in [1.29, 1.82) is 0 Å². The molecule has 1 unspecified atom stereocenters. The third-order valence-corrected chi connectivity index (χ3v) is 3.50. The van der Waals surface area contributed by atoms with E-state index >= 15 is 0 Å². The van der Waals surface area contributed by atoms with Gasteiger partial charge in [0.15, 0.2) is 0 Å². The Morgan fingerprint density at radius 3 is 2.74 bits per heavy atom. The maximum absolute atomic E-state index is 3.84. The third kappa shape index (κ3) is 3.45. The SMILES string of the molecule is C=CCCC(NCCC)c1cccc2ccccc12. The van der Waals surface area contributed by atoms with Crippen LogP contribution in [0.2, 0.25) is 0 Å². The highest BCUT2D eigenvalue weighted by atomic mass is 14.9.